The topological polar surface area (TPSA) is 200 Å². The Morgan fingerprint density at radius 1 is 0.434 bits per heavy atom. The van der Waals surface area contributed by atoms with Crippen molar-refractivity contribution in [2.24, 2.45) is 0 Å². The van der Waals surface area contributed by atoms with E-state index in [1.54, 1.807) is 175 Å². The molecule has 0 spiro atoms. The molecule has 0 aromatic heterocycles. The summed E-state index contributed by atoms with van der Waals surface area (Å²) < 4.78 is 40.7. The van der Waals surface area contributed by atoms with Crippen molar-refractivity contribution in [3.05, 3.63) is 197 Å². The number of hydrogen-bond donors (Lipinski definition) is 2. The number of carbonyl (C=O) groups excluding carboxylic acids is 5. The van der Waals surface area contributed by atoms with Crippen LogP contribution in [0.3, 0.4) is 0 Å². The third kappa shape index (κ3) is 18.0. The molecule has 396 valence electrons. The van der Waals surface area contributed by atoms with E-state index in [4.69, 9.17) is 37.9 Å². The summed E-state index contributed by atoms with van der Waals surface area (Å²) in [6, 6.07) is 42.7. The smallest absolute Gasteiger partial charge is 0.185 e. The normalized spacial score (nSPS) is 10.2. The van der Waals surface area contributed by atoms with Crippen LogP contribution >= 0.6 is 0 Å². The van der Waals surface area contributed by atoms with Gasteiger partial charge in [0.05, 0.1) is 56.9 Å². The van der Waals surface area contributed by atoms with Gasteiger partial charge in [0.2, 0.25) is 0 Å². The molecule has 0 atom stereocenters. The number of phenolic OH excluding ortho intramolecular Hbond substituents is 2. The summed E-state index contributed by atoms with van der Waals surface area (Å²) in [5, 5.41) is 19.5. The van der Waals surface area contributed by atoms with E-state index in [1.807, 2.05) is 6.07 Å². The third-order valence-electron chi connectivity index (χ3n) is 11.3. The average Bonchev–Trinajstić information content (AvgIpc) is 3.47. The highest BCUT2D eigenvalue weighted by Gasteiger charge is 2.23. The lowest BCUT2D eigenvalue weighted by atomic mass is 9.86. The summed E-state index contributed by atoms with van der Waals surface area (Å²) in [6.45, 7) is 1.54. The summed E-state index contributed by atoms with van der Waals surface area (Å²) >= 11 is 0. The molecule has 0 radical (unpaired) electrons. The lowest BCUT2D eigenvalue weighted by Gasteiger charge is -2.18. The summed E-state index contributed by atoms with van der Waals surface area (Å²) in [5.74, 6) is 3.74. The van der Waals surface area contributed by atoms with Crippen LogP contribution in [-0.4, -0.2) is 96.5 Å². The maximum absolute atomic E-state index is 13.1. The Morgan fingerprint density at radius 2 is 0.842 bits per heavy atom. The van der Waals surface area contributed by atoms with E-state index in [1.165, 1.54) is 46.5 Å². The van der Waals surface area contributed by atoms with Gasteiger partial charge in [0, 0.05) is 40.7 Å². The Labute approximate surface area is 442 Å². The number of rotatable bonds is 20. The number of phenols is 2. The fraction of sp³-hybridized carbons (Fsp3) is 0.197. The fourth-order valence-corrected chi connectivity index (χ4v) is 7.14. The Bertz CT molecular complexity index is 3020. The first-order chi connectivity index (χ1) is 36.6. The standard InChI is InChI=1S/C26H26O6.C17H16O4.C9H10O3.C9H10O2/c1-30-21-8-4-6-18(12-21)24(28)14-20(17-10-11-23(27)26(16-17)32-3)15-25(29)19-7-5-9-22(13-19)31-2;1-20-14-5-3-4-13(11-14)15(18)8-6-12-7-9-16(19)17(10-12)21-2;1-11-8-4-3-7(6-10)5-9(8)12-2;1-7(10)8-4-3-5-9(6-8)11-2/h4-13,16,20,27H,14-15H2,1-3H3;3-11,19H,1-2H3;3-6H,1-2H3;3-6H,1-2H3/b;8-6+;;. The molecule has 0 aliphatic heterocycles. The van der Waals surface area contributed by atoms with E-state index < -0.39 is 5.92 Å². The number of methoxy groups -OCH3 is 8. The van der Waals surface area contributed by atoms with Gasteiger partial charge in [0.25, 0.3) is 0 Å². The number of Topliss-reactive ketones (excluding diaryl/α,β-unsaturated/α-hetero) is 3. The molecule has 15 nitrogen and oxygen atoms in total. The number of ketones is 4. The number of ether oxygens (including phenoxy) is 8. The van der Waals surface area contributed by atoms with Gasteiger partial charge in [0.15, 0.2) is 57.6 Å². The quantitative estimate of drug-likeness (QED) is 0.0415. The minimum absolute atomic E-state index is 0.00626. The SMILES string of the molecule is COc1ccc(C=O)cc1OC.COc1cccc(C(=O)/C=C/c2ccc(O)c(OC)c2)c1.COc1cccc(C(=O)CC(CC(=O)c2cccc(OC)c2)c2ccc(O)c(OC)c2)c1.COc1cccc(C(C)=O)c1. The zero-order valence-electron chi connectivity index (χ0n) is 43.9. The zero-order valence-corrected chi connectivity index (χ0v) is 43.9. The van der Waals surface area contributed by atoms with Crippen molar-refractivity contribution in [2.75, 3.05) is 56.9 Å². The van der Waals surface area contributed by atoms with Gasteiger partial charge in [-0.3, -0.25) is 24.0 Å². The van der Waals surface area contributed by atoms with Gasteiger partial charge in [0.1, 0.15) is 29.3 Å². The zero-order chi connectivity index (χ0) is 55.6. The number of benzene rings is 7. The monoisotopic (exact) mass is 1030 g/mol. The Kier molecular flexibility index (Phi) is 23.8. The van der Waals surface area contributed by atoms with Crippen LogP contribution in [0.25, 0.3) is 6.08 Å². The number of aldehydes is 1. The molecule has 0 amide bonds. The molecular weight excluding hydrogens is 973 g/mol. The maximum atomic E-state index is 13.1. The second-order valence-corrected chi connectivity index (χ2v) is 16.2. The largest absolute Gasteiger partial charge is 0.504 e. The van der Waals surface area contributed by atoms with Crippen LogP contribution in [0.2, 0.25) is 0 Å². The van der Waals surface area contributed by atoms with Crippen LogP contribution in [-0.2, 0) is 0 Å². The molecule has 7 aromatic carbocycles. The van der Waals surface area contributed by atoms with Crippen LogP contribution in [0, 0.1) is 0 Å². The minimum atomic E-state index is -0.415. The van der Waals surface area contributed by atoms with Crippen molar-refractivity contribution in [3.63, 3.8) is 0 Å². The summed E-state index contributed by atoms with van der Waals surface area (Å²) in [6.07, 6.45) is 4.12. The van der Waals surface area contributed by atoms with Gasteiger partial charge in [-0.05, 0) is 121 Å². The second kappa shape index (κ2) is 30.6. The molecule has 2 N–H and O–H groups in total. The van der Waals surface area contributed by atoms with E-state index in [9.17, 15) is 34.2 Å². The van der Waals surface area contributed by atoms with Crippen LogP contribution in [0.5, 0.6) is 57.5 Å². The molecule has 0 bridgehead atoms. The first kappa shape index (κ1) is 59.2. The van der Waals surface area contributed by atoms with E-state index >= 15 is 0 Å². The summed E-state index contributed by atoms with van der Waals surface area (Å²) in [4.78, 5) is 59.5. The molecular formula is C61H62O15. The highest BCUT2D eigenvalue weighted by molar-refractivity contribution is 6.07. The maximum Gasteiger partial charge on any atom is 0.185 e. The molecule has 0 saturated heterocycles. The molecule has 0 saturated carbocycles. The predicted octanol–water partition coefficient (Wildman–Crippen LogP) is 11.8. The number of hydrogen-bond acceptors (Lipinski definition) is 15. The second-order valence-electron chi connectivity index (χ2n) is 16.2. The van der Waals surface area contributed by atoms with Crippen molar-refractivity contribution in [3.8, 4) is 57.5 Å². The van der Waals surface area contributed by atoms with Crippen molar-refractivity contribution >= 4 is 35.5 Å². The van der Waals surface area contributed by atoms with E-state index in [0.717, 1.165) is 23.2 Å². The van der Waals surface area contributed by atoms with E-state index in [2.05, 4.69) is 0 Å². The molecule has 0 unspecified atom stereocenters. The van der Waals surface area contributed by atoms with Crippen LogP contribution < -0.4 is 37.9 Å². The van der Waals surface area contributed by atoms with Crippen molar-refractivity contribution in [2.45, 2.75) is 25.7 Å². The van der Waals surface area contributed by atoms with E-state index in [0.29, 0.717) is 62.3 Å². The van der Waals surface area contributed by atoms with Gasteiger partial charge in [-0.2, -0.15) is 0 Å². The van der Waals surface area contributed by atoms with Crippen LogP contribution in [0.4, 0.5) is 0 Å². The molecule has 0 aliphatic carbocycles. The van der Waals surface area contributed by atoms with Crippen LogP contribution in [0.15, 0.2) is 158 Å². The predicted molar refractivity (Wildman–Crippen MR) is 290 cm³/mol. The molecule has 76 heavy (non-hydrogen) atoms. The van der Waals surface area contributed by atoms with Crippen molar-refractivity contribution in [1.29, 1.82) is 0 Å². The fourth-order valence-electron chi connectivity index (χ4n) is 7.14. The van der Waals surface area contributed by atoms with Gasteiger partial charge in [-0.1, -0.05) is 66.7 Å². The van der Waals surface area contributed by atoms with Crippen molar-refractivity contribution in [1.82, 2.24) is 0 Å². The Hall–Kier alpha value is -9.37. The molecule has 0 heterocycles. The van der Waals surface area contributed by atoms with Gasteiger partial charge in [-0.15, -0.1) is 0 Å². The number of aromatic hydroxyl groups is 2. The first-order valence-electron chi connectivity index (χ1n) is 23.4. The molecule has 7 aromatic rings. The number of allylic oxidation sites excluding steroid dienone is 1. The van der Waals surface area contributed by atoms with E-state index in [-0.39, 0.29) is 53.2 Å². The molecule has 7 rings (SSSR count). The first-order valence-corrected chi connectivity index (χ1v) is 23.4. The average molecular weight is 1040 g/mol. The summed E-state index contributed by atoms with van der Waals surface area (Å²) in [7, 11) is 12.2. The number of carbonyl (C=O) groups is 5. The van der Waals surface area contributed by atoms with Gasteiger partial charge < -0.3 is 48.1 Å². The van der Waals surface area contributed by atoms with Crippen LogP contribution in [0.1, 0.15) is 88.6 Å². The lowest BCUT2D eigenvalue weighted by molar-refractivity contribution is 0.0940. The minimum Gasteiger partial charge on any atom is -0.504 e. The third-order valence-corrected chi connectivity index (χ3v) is 11.3. The summed E-state index contributed by atoms with van der Waals surface area (Å²) in [5.41, 5.74) is 4.32. The molecule has 0 fully saturated rings. The Balaban J connectivity index is 0.000000242. The van der Waals surface area contributed by atoms with Gasteiger partial charge >= 0.3 is 0 Å². The van der Waals surface area contributed by atoms with Crippen molar-refractivity contribution < 1.29 is 72.1 Å². The molecule has 0 aliphatic rings. The lowest BCUT2D eigenvalue weighted by Crippen LogP contribution is -2.13. The molecule has 15 heteroatoms. The highest BCUT2D eigenvalue weighted by atomic mass is 16.5. The van der Waals surface area contributed by atoms with Gasteiger partial charge in [-0.25, -0.2) is 0 Å². The highest BCUT2D eigenvalue weighted by Crippen LogP contribution is 2.35. The Morgan fingerprint density at radius 3 is 1.30 bits per heavy atom.